The number of carbonyl (C=O) groups is 1. The molecule has 4 heteroatoms. The van der Waals surface area contributed by atoms with Gasteiger partial charge in [-0.2, -0.15) is 0 Å². The number of hydrogen-bond donors (Lipinski definition) is 2. The summed E-state index contributed by atoms with van der Waals surface area (Å²) in [6.07, 6.45) is 3.37. The van der Waals surface area contributed by atoms with Gasteiger partial charge >= 0.3 is 0 Å². The third kappa shape index (κ3) is 2.23. The molecule has 0 aliphatic carbocycles. The van der Waals surface area contributed by atoms with Gasteiger partial charge < -0.3 is 10.8 Å². The Hall–Kier alpha value is -0.490. The molecule has 1 aliphatic heterocycles. The van der Waals surface area contributed by atoms with E-state index in [1.807, 2.05) is 4.01 Å². The van der Waals surface area contributed by atoms with Crippen molar-refractivity contribution < 1.29 is 9.90 Å². The minimum atomic E-state index is -0.443. The van der Waals surface area contributed by atoms with Crippen LogP contribution in [0.15, 0.2) is 21.4 Å². The molecule has 1 rings (SSSR count). The number of Topliss-reactive ketones (excluding diaryl/α,β-unsaturated/α-hetero) is 1. The molecular weight excluding hydrogens is 257 g/mol. The van der Waals surface area contributed by atoms with Crippen LogP contribution in [0.1, 0.15) is 0 Å². The molecule has 0 aromatic rings. The van der Waals surface area contributed by atoms with Gasteiger partial charge in [-0.3, -0.25) is 4.79 Å². The second kappa shape index (κ2) is 3.77. The summed E-state index contributed by atoms with van der Waals surface area (Å²) in [5, 5.41) is 8.51. The first-order valence-corrected chi connectivity index (χ1v) is 5.34. The highest BCUT2D eigenvalue weighted by atomic mass is 127. The standard InChI is InChI=1S/C7H8INO2/c9-7-3-5(1-2-8-7)6(11)4-10/h1-3,10H,4,9H2. The average molecular weight is 265 g/mol. The molecule has 0 fully saturated rings. The van der Waals surface area contributed by atoms with Crippen molar-refractivity contribution >= 4 is 30.5 Å². The highest BCUT2D eigenvalue weighted by Gasteiger charge is 2.06. The number of halogens is 1. The van der Waals surface area contributed by atoms with Crippen LogP contribution in [-0.2, 0) is 4.79 Å². The lowest BCUT2D eigenvalue weighted by Crippen LogP contribution is -2.08. The van der Waals surface area contributed by atoms with Gasteiger partial charge in [-0.25, -0.2) is 0 Å². The van der Waals surface area contributed by atoms with Crippen molar-refractivity contribution in [3.05, 3.63) is 21.4 Å². The number of nitrogens with two attached hydrogens (primary N) is 1. The Balaban J connectivity index is 2.84. The van der Waals surface area contributed by atoms with Gasteiger partial charge in [0.25, 0.3) is 0 Å². The number of hydrogen-bond acceptors (Lipinski definition) is 3. The monoisotopic (exact) mass is 265 g/mol. The van der Waals surface area contributed by atoms with E-state index in [1.54, 1.807) is 12.2 Å². The first-order chi connectivity index (χ1) is 5.24. The SMILES string of the molecule is NC1=CC(C(=O)CO)=CC=I1. The Morgan fingerprint density at radius 2 is 2.45 bits per heavy atom. The van der Waals surface area contributed by atoms with Crippen LogP contribution in [0.2, 0.25) is 0 Å². The first-order valence-electron chi connectivity index (χ1n) is 3.02. The molecule has 0 saturated carbocycles. The van der Waals surface area contributed by atoms with Crippen LogP contribution >= 0.6 is 20.7 Å². The van der Waals surface area contributed by atoms with E-state index in [4.69, 9.17) is 10.8 Å². The van der Waals surface area contributed by atoms with Gasteiger partial charge in [-0.1, -0.05) is 20.7 Å². The Kier molecular flexibility index (Phi) is 2.95. The van der Waals surface area contributed by atoms with Crippen LogP contribution < -0.4 is 5.73 Å². The summed E-state index contributed by atoms with van der Waals surface area (Å²) >= 11 is -0.202. The smallest absolute Gasteiger partial charge is 0.188 e. The summed E-state index contributed by atoms with van der Waals surface area (Å²) < 4.78 is 2.68. The highest BCUT2D eigenvalue weighted by Crippen LogP contribution is 2.15. The maximum atomic E-state index is 10.9. The first kappa shape index (κ1) is 8.61. The lowest BCUT2D eigenvalue weighted by Gasteiger charge is -2.01. The molecule has 0 atom stereocenters. The van der Waals surface area contributed by atoms with Crippen molar-refractivity contribution in [3.63, 3.8) is 0 Å². The number of aliphatic hydroxyl groups is 1. The largest absolute Gasteiger partial charge is 0.394 e. The molecule has 11 heavy (non-hydrogen) atoms. The van der Waals surface area contributed by atoms with E-state index >= 15 is 0 Å². The molecule has 1 heterocycles. The summed E-state index contributed by atoms with van der Waals surface area (Å²) in [7, 11) is 0. The lowest BCUT2D eigenvalue weighted by atomic mass is 10.1. The van der Waals surface area contributed by atoms with Crippen LogP contribution in [-0.4, -0.2) is 21.5 Å². The Morgan fingerprint density at radius 3 is 3.00 bits per heavy atom. The lowest BCUT2D eigenvalue weighted by molar-refractivity contribution is -0.117. The van der Waals surface area contributed by atoms with Gasteiger partial charge in [-0.05, 0) is 16.2 Å². The van der Waals surface area contributed by atoms with Crippen LogP contribution in [0.5, 0.6) is 0 Å². The molecule has 0 aromatic heterocycles. The normalized spacial score (nSPS) is 16.5. The van der Waals surface area contributed by atoms with E-state index in [-0.39, 0.29) is 26.5 Å². The van der Waals surface area contributed by atoms with E-state index in [0.717, 1.165) is 3.70 Å². The van der Waals surface area contributed by atoms with Crippen LogP contribution in [0.25, 0.3) is 0 Å². The van der Waals surface area contributed by atoms with Crippen molar-refractivity contribution in [1.29, 1.82) is 0 Å². The van der Waals surface area contributed by atoms with Crippen molar-refractivity contribution in [2.24, 2.45) is 5.73 Å². The van der Waals surface area contributed by atoms with Crippen molar-refractivity contribution in [2.45, 2.75) is 0 Å². The number of aliphatic hydroxyl groups excluding tert-OH is 1. The quantitative estimate of drug-likeness (QED) is 0.548. The molecule has 0 saturated heterocycles. The Bertz CT molecular complexity index is 266. The fraction of sp³-hybridized carbons (Fsp3) is 0.143. The maximum absolute atomic E-state index is 10.9. The number of ketones is 1. The number of rotatable bonds is 2. The predicted molar refractivity (Wildman–Crippen MR) is 52.5 cm³/mol. The minimum Gasteiger partial charge on any atom is -0.394 e. The molecule has 3 N–H and O–H groups in total. The van der Waals surface area contributed by atoms with Gasteiger partial charge in [0.15, 0.2) is 5.78 Å². The maximum Gasteiger partial charge on any atom is 0.188 e. The Morgan fingerprint density at radius 1 is 1.73 bits per heavy atom. The van der Waals surface area contributed by atoms with Crippen LogP contribution in [0.4, 0.5) is 0 Å². The molecule has 0 radical (unpaired) electrons. The van der Waals surface area contributed by atoms with Gasteiger partial charge in [0, 0.05) is 5.57 Å². The Labute approximate surface area is 74.3 Å². The topological polar surface area (TPSA) is 63.3 Å². The van der Waals surface area contributed by atoms with E-state index in [2.05, 4.69) is 0 Å². The molecule has 3 nitrogen and oxygen atoms in total. The van der Waals surface area contributed by atoms with Gasteiger partial charge in [-0.15, -0.1) is 0 Å². The van der Waals surface area contributed by atoms with E-state index in [0.29, 0.717) is 5.57 Å². The third-order valence-electron chi connectivity index (χ3n) is 1.19. The van der Waals surface area contributed by atoms with Gasteiger partial charge in [0.05, 0.1) is 3.70 Å². The minimum absolute atomic E-state index is 0.202. The van der Waals surface area contributed by atoms with E-state index in [1.165, 1.54) is 0 Å². The molecule has 0 amide bonds. The average Bonchev–Trinajstić information content (AvgIpc) is 2.03. The van der Waals surface area contributed by atoms with Gasteiger partial charge in [0.2, 0.25) is 0 Å². The van der Waals surface area contributed by atoms with Crippen LogP contribution in [0.3, 0.4) is 0 Å². The predicted octanol–water partition coefficient (Wildman–Crippen LogP) is 0.0608. The van der Waals surface area contributed by atoms with Crippen molar-refractivity contribution in [2.75, 3.05) is 6.61 Å². The zero-order valence-electron chi connectivity index (χ0n) is 5.75. The summed E-state index contributed by atoms with van der Waals surface area (Å²) in [5.41, 5.74) is 6.03. The molecule has 0 unspecified atom stereocenters. The molecule has 0 spiro atoms. The van der Waals surface area contributed by atoms with Crippen LogP contribution in [0, 0.1) is 0 Å². The second-order valence-electron chi connectivity index (χ2n) is 1.97. The van der Waals surface area contributed by atoms with Crippen molar-refractivity contribution in [1.82, 2.24) is 0 Å². The van der Waals surface area contributed by atoms with Gasteiger partial charge in [0.1, 0.15) is 6.61 Å². The molecule has 1 aliphatic rings. The zero-order chi connectivity index (χ0) is 8.27. The summed E-state index contributed by atoms with van der Waals surface area (Å²) in [6.45, 7) is -0.443. The molecule has 60 valence electrons. The van der Waals surface area contributed by atoms with Crippen molar-refractivity contribution in [3.8, 4) is 0 Å². The number of carbonyl (C=O) groups excluding carboxylic acids is 1. The fourth-order valence-electron chi connectivity index (χ4n) is 0.665. The zero-order valence-corrected chi connectivity index (χ0v) is 7.91. The second-order valence-corrected chi connectivity index (χ2v) is 4.56. The van der Waals surface area contributed by atoms with E-state index in [9.17, 15) is 4.79 Å². The number of allylic oxidation sites excluding steroid dienone is 2. The summed E-state index contributed by atoms with van der Waals surface area (Å²) in [5.74, 6) is -0.270. The summed E-state index contributed by atoms with van der Waals surface area (Å²) in [4.78, 5) is 10.9. The van der Waals surface area contributed by atoms with E-state index < -0.39 is 6.61 Å². The molecule has 0 aromatic carbocycles. The molecular formula is C7H8INO2. The molecule has 0 bridgehead atoms. The third-order valence-corrected chi connectivity index (χ3v) is 2.94. The fourth-order valence-corrected chi connectivity index (χ4v) is 2.16. The summed E-state index contributed by atoms with van der Waals surface area (Å²) in [6, 6.07) is 0. The highest BCUT2D eigenvalue weighted by molar-refractivity contribution is 14.2.